The number of aliphatic hydroxyl groups excluding tert-OH is 1. The number of ether oxygens (including phenoxy) is 2. The van der Waals surface area contributed by atoms with Gasteiger partial charge in [-0.1, -0.05) is 6.07 Å². The van der Waals surface area contributed by atoms with Crippen LogP contribution in [0.15, 0.2) is 42.7 Å². The second-order valence-electron chi connectivity index (χ2n) is 7.76. The number of carbonyl (C=O) groups excluding carboxylic acids is 1. The summed E-state index contributed by atoms with van der Waals surface area (Å²) < 4.78 is 12.8. The van der Waals surface area contributed by atoms with Gasteiger partial charge in [0.15, 0.2) is 0 Å². The zero-order chi connectivity index (χ0) is 19.5. The third-order valence-corrected chi connectivity index (χ3v) is 5.91. The van der Waals surface area contributed by atoms with Crippen molar-refractivity contribution in [1.82, 2.24) is 14.7 Å². The van der Waals surface area contributed by atoms with E-state index in [0.717, 1.165) is 39.0 Å². The molecule has 7 heteroatoms. The zero-order valence-electron chi connectivity index (χ0n) is 16.1. The van der Waals surface area contributed by atoms with Crippen LogP contribution in [0, 0.1) is 11.8 Å². The number of nitrogens with zero attached hydrogens (tertiary/aromatic N) is 3. The molecule has 1 aliphatic carbocycles. The third-order valence-electron chi connectivity index (χ3n) is 5.91. The average Bonchev–Trinajstić information content (AvgIpc) is 3.35. The maximum atomic E-state index is 11.7. The first-order valence-corrected chi connectivity index (χ1v) is 9.85. The maximum Gasteiger partial charge on any atom is 0.337 e. The molecule has 2 fully saturated rings. The minimum Gasteiger partial charge on any atom is -0.488 e. The minimum absolute atomic E-state index is 0.250. The summed E-state index contributed by atoms with van der Waals surface area (Å²) in [4.78, 5) is 14.2. The third kappa shape index (κ3) is 4.20. The molecular formula is C21H27N3O4. The van der Waals surface area contributed by atoms with Gasteiger partial charge in [0, 0.05) is 32.0 Å². The lowest BCUT2D eigenvalue weighted by Crippen LogP contribution is -2.42. The van der Waals surface area contributed by atoms with Crippen LogP contribution in [0.5, 0.6) is 5.75 Å². The second-order valence-corrected chi connectivity index (χ2v) is 7.76. The fourth-order valence-corrected chi connectivity index (χ4v) is 4.46. The molecule has 2 heterocycles. The molecule has 4 atom stereocenters. The lowest BCUT2D eigenvalue weighted by Gasteiger charge is -2.35. The Kier molecular flexibility index (Phi) is 5.64. The van der Waals surface area contributed by atoms with Crippen molar-refractivity contribution in [3.63, 3.8) is 0 Å². The first-order valence-electron chi connectivity index (χ1n) is 9.85. The standard InChI is InChI=1S/C21H27N3O4/c1-27-21(26)15-4-2-5-18(10-15)28-20-12-17-14-23(13-16(17)11-19(20)25)8-9-24-7-3-6-22-24/h2-7,10,16-17,19-20,25H,8-9,11-14H2,1H3/t16-,17+,19+,20+/m0/s1. The van der Waals surface area contributed by atoms with Gasteiger partial charge < -0.3 is 19.5 Å². The molecule has 1 aromatic heterocycles. The summed E-state index contributed by atoms with van der Waals surface area (Å²) in [5, 5.41) is 14.9. The summed E-state index contributed by atoms with van der Waals surface area (Å²) >= 11 is 0. The molecule has 2 aliphatic rings. The molecule has 4 rings (SSSR count). The SMILES string of the molecule is COC(=O)c1cccc(O[C@@H]2C[C@@H]3CN(CCn4cccn4)C[C@@H]3C[C@H]2O)c1. The van der Waals surface area contributed by atoms with Gasteiger partial charge >= 0.3 is 5.97 Å². The highest BCUT2D eigenvalue weighted by molar-refractivity contribution is 5.89. The van der Waals surface area contributed by atoms with E-state index in [0.29, 0.717) is 23.1 Å². The highest BCUT2D eigenvalue weighted by Crippen LogP contribution is 2.38. The Balaban J connectivity index is 1.34. The first kappa shape index (κ1) is 19.0. The molecule has 1 saturated carbocycles. The van der Waals surface area contributed by atoms with Crippen LogP contribution in [0.4, 0.5) is 0 Å². The quantitative estimate of drug-likeness (QED) is 0.765. The summed E-state index contributed by atoms with van der Waals surface area (Å²) in [5.41, 5.74) is 0.453. The van der Waals surface area contributed by atoms with Crippen molar-refractivity contribution in [2.45, 2.75) is 31.6 Å². The van der Waals surface area contributed by atoms with E-state index in [-0.39, 0.29) is 6.10 Å². The van der Waals surface area contributed by atoms with Gasteiger partial charge in [-0.05, 0) is 48.9 Å². The lowest BCUT2D eigenvalue weighted by molar-refractivity contribution is -0.0231. The van der Waals surface area contributed by atoms with Crippen molar-refractivity contribution in [2.75, 3.05) is 26.7 Å². The topological polar surface area (TPSA) is 76.8 Å². The summed E-state index contributed by atoms with van der Waals surface area (Å²) in [5.74, 6) is 1.24. The second kappa shape index (κ2) is 8.32. The molecule has 0 amide bonds. The van der Waals surface area contributed by atoms with E-state index in [2.05, 4.69) is 10.00 Å². The Morgan fingerprint density at radius 3 is 2.79 bits per heavy atom. The minimum atomic E-state index is -0.492. The largest absolute Gasteiger partial charge is 0.488 e. The number of benzene rings is 1. The number of aromatic nitrogens is 2. The van der Waals surface area contributed by atoms with E-state index >= 15 is 0 Å². The van der Waals surface area contributed by atoms with Gasteiger partial charge in [0.25, 0.3) is 0 Å². The summed E-state index contributed by atoms with van der Waals surface area (Å²) in [6, 6.07) is 8.90. The van der Waals surface area contributed by atoms with Crippen LogP contribution in [0.25, 0.3) is 0 Å². The van der Waals surface area contributed by atoms with Crippen molar-refractivity contribution in [3.8, 4) is 5.75 Å². The number of rotatable bonds is 6. The smallest absolute Gasteiger partial charge is 0.337 e. The van der Waals surface area contributed by atoms with E-state index in [9.17, 15) is 9.90 Å². The molecule has 0 radical (unpaired) electrons. The highest BCUT2D eigenvalue weighted by Gasteiger charge is 2.42. The predicted molar refractivity (Wildman–Crippen MR) is 103 cm³/mol. The number of fused-ring (bicyclic) bond motifs is 1. The van der Waals surface area contributed by atoms with Crippen molar-refractivity contribution < 1.29 is 19.4 Å². The van der Waals surface area contributed by atoms with Crippen LogP contribution in [0.1, 0.15) is 23.2 Å². The van der Waals surface area contributed by atoms with Crippen LogP contribution < -0.4 is 4.74 Å². The summed E-state index contributed by atoms with van der Waals surface area (Å²) in [6.07, 6.45) is 4.63. The van der Waals surface area contributed by atoms with E-state index < -0.39 is 12.1 Å². The molecule has 1 aromatic carbocycles. The Bertz CT molecular complexity index is 795. The number of esters is 1. The molecule has 1 aliphatic heterocycles. The Morgan fingerprint density at radius 1 is 1.21 bits per heavy atom. The number of carbonyl (C=O) groups is 1. The lowest BCUT2D eigenvalue weighted by atomic mass is 9.78. The van der Waals surface area contributed by atoms with Gasteiger partial charge in [-0.25, -0.2) is 4.79 Å². The molecule has 1 N–H and O–H groups in total. The molecule has 2 aromatic rings. The Morgan fingerprint density at radius 2 is 2.04 bits per heavy atom. The van der Waals surface area contributed by atoms with Gasteiger partial charge in [0.2, 0.25) is 0 Å². The summed E-state index contributed by atoms with van der Waals surface area (Å²) in [7, 11) is 1.36. The normalized spacial score (nSPS) is 27.4. The van der Waals surface area contributed by atoms with Crippen LogP contribution in [0.3, 0.4) is 0 Å². The van der Waals surface area contributed by atoms with Gasteiger partial charge in [-0.2, -0.15) is 5.10 Å². The fraction of sp³-hybridized carbons (Fsp3) is 0.524. The molecule has 0 bridgehead atoms. The Labute approximate surface area is 164 Å². The molecule has 1 saturated heterocycles. The van der Waals surface area contributed by atoms with Crippen molar-refractivity contribution in [1.29, 1.82) is 0 Å². The van der Waals surface area contributed by atoms with Crippen LogP contribution in [-0.4, -0.2) is 64.7 Å². The number of hydrogen-bond acceptors (Lipinski definition) is 6. The van der Waals surface area contributed by atoms with E-state index in [4.69, 9.17) is 9.47 Å². The number of likely N-dealkylation sites (tertiary alicyclic amines) is 1. The van der Waals surface area contributed by atoms with Gasteiger partial charge in [-0.3, -0.25) is 4.68 Å². The molecule has 0 unspecified atom stereocenters. The van der Waals surface area contributed by atoms with Gasteiger partial charge in [-0.15, -0.1) is 0 Å². The molecule has 0 spiro atoms. The maximum absolute atomic E-state index is 11.7. The average molecular weight is 385 g/mol. The van der Waals surface area contributed by atoms with E-state index in [1.165, 1.54) is 7.11 Å². The number of aliphatic hydroxyl groups is 1. The number of methoxy groups -OCH3 is 1. The molecule has 28 heavy (non-hydrogen) atoms. The van der Waals surface area contributed by atoms with Gasteiger partial charge in [0.1, 0.15) is 11.9 Å². The van der Waals surface area contributed by atoms with Crippen molar-refractivity contribution >= 4 is 5.97 Å². The number of hydrogen-bond donors (Lipinski definition) is 1. The van der Waals surface area contributed by atoms with Gasteiger partial charge in [0.05, 0.1) is 25.3 Å². The Hall–Kier alpha value is -2.38. The first-order chi connectivity index (χ1) is 13.6. The molecule has 150 valence electrons. The predicted octanol–water partition coefficient (Wildman–Crippen LogP) is 1.82. The molecular weight excluding hydrogens is 358 g/mol. The van der Waals surface area contributed by atoms with E-state index in [1.807, 2.05) is 23.0 Å². The zero-order valence-corrected chi connectivity index (χ0v) is 16.1. The van der Waals surface area contributed by atoms with Crippen LogP contribution in [-0.2, 0) is 11.3 Å². The highest BCUT2D eigenvalue weighted by atomic mass is 16.5. The van der Waals surface area contributed by atoms with Crippen molar-refractivity contribution in [3.05, 3.63) is 48.3 Å². The van der Waals surface area contributed by atoms with Crippen LogP contribution >= 0.6 is 0 Å². The molecule has 7 nitrogen and oxygen atoms in total. The fourth-order valence-electron chi connectivity index (χ4n) is 4.46. The van der Waals surface area contributed by atoms with E-state index in [1.54, 1.807) is 24.4 Å². The monoisotopic (exact) mass is 385 g/mol. The summed E-state index contributed by atoms with van der Waals surface area (Å²) in [6.45, 7) is 3.90. The van der Waals surface area contributed by atoms with Crippen LogP contribution in [0.2, 0.25) is 0 Å². The van der Waals surface area contributed by atoms with Crippen molar-refractivity contribution in [2.24, 2.45) is 11.8 Å².